The van der Waals surface area contributed by atoms with Gasteiger partial charge in [-0.1, -0.05) is 11.6 Å². The van der Waals surface area contributed by atoms with Crippen LogP contribution in [0.1, 0.15) is 10.4 Å². The Balaban J connectivity index is 2.18. The first kappa shape index (κ1) is 11.4. The van der Waals surface area contributed by atoms with Crippen molar-refractivity contribution in [1.29, 1.82) is 0 Å². The van der Waals surface area contributed by atoms with E-state index in [1.165, 1.54) is 0 Å². The number of halogens is 2. The Hall–Kier alpha value is -1.08. The van der Waals surface area contributed by atoms with Crippen molar-refractivity contribution in [2.45, 2.75) is 0 Å². The number of nitrogens with one attached hydrogen (secondary N) is 2. The summed E-state index contributed by atoms with van der Waals surface area (Å²) in [5, 5.41) is 9.62. The minimum absolute atomic E-state index is 0.220. The zero-order valence-corrected chi connectivity index (χ0v) is 10.9. The summed E-state index contributed by atoms with van der Waals surface area (Å²) in [5.74, 6) is 0.335. The first-order chi connectivity index (χ1) is 7.66. The molecule has 16 heavy (non-hydrogen) atoms. The van der Waals surface area contributed by atoms with Crippen LogP contribution >= 0.6 is 34.2 Å². The smallest absolute Gasteiger partial charge is 0.256 e. The topological polar surface area (TPSA) is 57.8 Å². The standard InChI is InChI=1S/C10H7ClIN3O/c11-7-5-6(1-2-8(7)12)10(16)14-9-3-4-13-15-9/h1-5H,(H2,13,14,15,16). The minimum Gasteiger partial charge on any atom is -0.307 e. The van der Waals surface area contributed by atoms with E-state index in [-0.39, 0.29) is 5.91 Å². The fourth-order valence-corrected chi connectivity index (χ4v) is 1.67. The molecule has 0 radical (unpaired) electrons. The van der Waals surface area contributed by atoms with Crippen LogP contribution in [0.25, 0.3) is 0 Å². The van der Waals surface area contributed by atoms with Crippen LogP contribution in [0.5, 0.6) is 0 Å². The maximum atomic E-state index is 11.8. The van der Waals surface area contributed by atoms with E-state index >= 15 is 0 Å². The molecule has 0 spiro atoms. The lowest BCUT2D eigenvalue weighted by molar-refractivity contribution is 0.102. The zero-order valence-electron chi connectivity index (χ0n) is 8.00. The Morgan fingerprint density at radius 3 is 2.88 bits per heavy atom. The van der Waals surface area contributed by atoms with Crippen molar-refractivity contribution in [2.24, 2.45) is 0 Å². The van der Waals surface area contributed by atoms with E-state index in [9.17, 15) is 4.79 Å². The number of amides is 1. The van der Waals surface area contributed by atoms with Crippen molar-refractivity contribution in [3.63, 3.8) is 0 Å². The summed E-state index contributed by atoms with van der Waals surface area (Å²) < 4.78 is 0.914. The van der Waals surface area contributed by atoms with E-state index in [0.717, 1.165) is 3.57 Å². The Morgan fingerprint density at radius 1 is 1.44 bits per heavy atom. The van der Waals surface area contributed by atoms with Gasteiger partial charge in [0.1, 0.15) is 5.82 Å². The molecule has 0 aliphatic carbocycles. The van der Waals surface area contributed by atoms with Crippen molar-refractivity contribution >= 4 is 45.9 Å². The summed E-state index contributed by atoms with van der Waals surface area (Å²) in [6.07, 6.45) is 1.57. The SMILES string of the molecule is O=C(Nc1ccn[nH]1)c1ccc(I)c(Cl)c1. The maximum absolute atomic E-state index is 11.8. The van der Waals surface area contributed by atoms with Crippen LogP contribution in [0.2, 0.25) is 5.02 Å². The molecule has 1 heterocycles. The van der Waals surface area contributed by atoms with Gasteiger partial charge in [-0.2, -0.15) is 5.10 Å². The highest BCUT2D eigenvalue weighted by Crippen LogP contribution is 2.20. The molecule has 1 aromatic carbocycles. The molecule has 0 unspecified atom stereocenters. The van der Waals surface area contributed by atoms with Gasteiger partial charge in [0, 0.05) is 15.2 Å². The van der Waals surface area contributed by atoms with Crippen LogP contribution in [0.4, 0.5) is 5.82 Å². The molecule has 0 saturated carbocycles. The molecule has 1 aromatic heterocycles. The lowest BCUT2D eigenvalue weighted by atomic mass is 10.2. The summed E-state index contributed by atoms with van der Waals surface area (Å²) in [6.45, 7) is 0. The van der Waals surface area contributed by atoms with E-state index in [2.05, 4.69) is 38.1 Å². The highest BCUT2D eigenvalue weighted by Gasteiger charge is 2.08. The van der Waals surface area contributed by atoms with Crippen molar-refractivity contribution in [1.82, 2.24) is 10.2 Å². The predicted octanol–water partition coefficient (Wildman–Crippen LogP) is 2.92. The molecule has 0 saturated heterocycles. The van der Waals surface area contributed by atoms with Crippen LogP contribution in [-0.4, -0.2) is 16.1 Å². The van der Waals surface area contributed by atoms with Crippen molar-refractivity contribution in [2.75, 3.05) is 5.32 Å². The fourth-order valence-electron chi connectivity index (χ4n) is 1.16. The van der Waals surface area contributed by atoms with Gasteiger partial charge in [-0.15, -0.1) is 0 Å². The molecule has 2 N–H and O–H groups in total. The average molecular weight is 348 g/mol. The average Bonchev–Trinajstić information content (AvgIpc) is 2.74. The first-order valence-corrected chi connectivity index (χ1v) is 5.88. The second kappa shape index (κ2) is 4.84. The van der Waals surface area contributed by atoms with Crippen molar-refractivity contribution in [3.05, 3.63) is 44.6 Å². The van der Waals surface area contributed by atoms with Crippen molar-refractivity contribution < 1.29 is 4.79 Å². The quantitative estimate of drug-likeness (QED) is 0.821. The molecule has 6 heteroatoms. The van der Waals surface area contributed by atoms with Crippen LogP contribution < -0.4 is 5.32 Å². The molecule has 0 atom stereocenters. The normalized spacial score (nSPS) is 10.1. The summed E-state index contributed by atoms with van der Waals surface area (Å²) in [5.41, 5.74) is 0.514. The Labute approximate surface area is 111 Å². The Kier molecular flexibility index (Phi) is 3.45. The van der Waals surface area contributed by atoms with Crippen molar-refractivity contribution in [3.8, 4) is 0 Å². The number of aromatic amines is 1. The third-order valence-corrected chi connectivity index (χ3v) is 3.50. The third-order valence-electron chi connectivity index (χ3n) is 1.93. The molecule has 4 nitrogen and oxygen atoms in total. The molecule has 0 aliphatic heterocycles. The molecule has 0 fully saturated rings. The number of anilines is 1. The molecule has 2 aromatic rings. The highest BCUT2D eigenvalue weighted by atomic mass is 127. The summed E-state index contributed by atoms with van der Waals surface area (Å²) in [6, 6.07) is 6.82. The maximum Gasteiger partial charge on any atom is 0.256 e. The number of H-pyrrole nitrogens is 1. The second-order valence-corrected chi connectivity index (χ2v) is 4.62. The summed E-state index contributed by atoms with van der Waals surface area (Å²) in [4.78, 5) is 11.8. The molecule has 1 amide bonds. The second-order valence-electron chi connectivity index (χ2n) is 3.05. The summed E-state index contributed by atoms with van der Waals surface area (Å²) >= 11 is 8.04. The molecule has 82 valence electrons. The Morgan fingerprint density at radius 2 is 2.25 bits per heavy atom. The number of rotatable bonds is 2. The molecule has 0 aliphatic rings. The predicted molar refractivity (Wildman–Crippen MR) is 70.7 cm³/mol. The largest absolute Gasteiger partial charge is 0.307 e. The number of carbonyl (C=O) groups excluding carboxylic acids is 1. The first-order valence-electron chi connectivity index (χ1n) is 4.42. The van der Waals surface area contributed by atoms with Crippen LogP contribution in [0.15, 0.2) is 30.5 Å². The van der Waals surface area contributed by atoms with E-state index in [4.69, 9.17) is 11.6 Å². The van der Waals surface area contributed by atoms with Crippen LogP contribution in [-0.2, 0) is 0 Å². The van der Waals surface area contributed by atoms with Gasteiger partial charge in [-0.25, -0.2) is 0 Å². The van der Waals surface area contributed by atoms with Crippen LogP contribution in [0.3, 0.4) is 0 Å². The number of hydrogen-bond donors (Lipinski definition) is 2. The fraction of sp³-hybridized carbons (Fsp3) is 0. The molecule has 2 rings (SSSR count). The van der Waals surface area contributed by atoms with Gasteiger partial charge in [0.2, 0.25) is 0 Å². The van der Waals surface area contributed by atoms with Crippen LogP contribution in [0, 0.1) is 3.57 Å². The number of nitrogens with zero attached hydrogens (tertiary/aromatic N) is 1. The monoisotopic (exact) mass is 347 g/mol. The number of carbonyl (C=O) groups is 1. The molecular formula is C10H7ClIN3O. The highest BCUT2D eigenvalue weighted by molar-refractivity contribution is 14.1. The number of hydrogen-bond acceptors (Lipinski definition) is 2. The van der Waals surface area contributed by atoms with E-state index in [1.807, 2.05) is 0 Å². The van der Waals surface area contributed by atoms with Gasteiger partial charge in [0.25, 0.3) is 5.91 Å². The van der Waals surface area contributed by atoms with Gasteiger partial charge in [0.15, 0.2) is 0 Å². The van der Waals surface area contributed by atoms with E-state index < -0.39 is 0 Å². The number of benzene rings is 1. The van der Waals surface area contributed by atoms with E-state index in [1.54, 1.807) is 30.5 Å². The van der Waals surface area contributed by atoms with E-state index in [0.29, 0.717) is 16.4 Å². The lowest BCUT2D eigenvalue weighted by Crippen LogP contribution is -2.12. The zero-order chi connectivity index (χ0) is 11.5. The van der Waals surface area contributed by atoms with Gasteiger partial charge in [-0.05, 0) is 40.8 Å². The molecule has 0 bridgehead atoms. The summed E-state index contributed by atoms with van der Waals surface area (Å²) in [7, 11) is 0. The number of aromatic nitrogens is 2. The van der Waals surface area contributed by atoms with Gasteiger partial charge < -0.3 is 5.32 Å². The minimum atomic E-state index is -0.220. The third kappa shape index (κ3) is 2.53. The van der Waals surface area contributed by atoms with Gasteiger partial charge in [-0.3, -0.25) is 9.89 Å². The molecular weight excluding hydrogens is 340 g/mol. The lowest BCUT2D eigenvalue weighted by Gasteiger charge is -2.03. The van der Waals surface area contributed by atoms with Gasteiger partial charge in [0.05, 0.1) is 11.2 Å². The Bertz CT molecular complexity index is 513. The van der Waals surface area contributed by atoms with Gasteiger partial charge >= 0.3 is 0 Å².